The monoisotopic (exact) mass is 272 g/mol. The molecule has 4 heteroatoms. The number of carboxylic acids is 1. The molecule has 3 atom stereocenters. The minimum absolute atomic E-state index is 0.0130. The van der Waals surface area contributed by atoms with Crippen LogP contribution in [-0.4, -0.2) is 23.1 Å². The second kappa shape index (κ2) is 4.47. The number of hydrogen-bond acceptors (Lipinski definition) is 3. The summed E-state index contributed by atoms with van der Waals surface area (Å²) in [6.07, 6.45) is 6.07. The number of carbonyl (C=O) groups excluding carboxylic acids is 1. The highest BCUT2D eigenvalue weighted by molar-refractivity contribution is 6.02. The Morgan fingerprint density at radius 1 is 1.30 bits per heavy atom. The average molecular weight is 272 g/mol. The number of aromatic carboxylic acids is 1. The number of carboxylic acid groups (broad SMARTS) is 1. The van der Waals surface area contributed by atoms with Crippen molar-refractivity contribution in [1.82, 2.24) is 0 Å². The van der Waals surface area contributed by atoms with Crippen molar-refractivity contribution in [3.63, 3.8) is 0 Å². The molecule has 0 heterocycles. The zero-order valence-corrected chi connectivity index (χ0v) is 11.2. The molecule has 0 spiro atoms. The van der Waals surface area contributed by atoms with Crippen LogP contribution >= 0.6 is 0 Å². The summed E-state index contributed by atoms with van der Waals surface area (Å²) < 4.78 is 5.61. The molecule has 0 aliphatic heterocycles. The summed E-state index contributed by atoms with van der Waals surface area (Å²) in [5.41, 5.74) is 0.00856. The second-order valence-corrected chi connectivity index (χ2v) is 5.74. The first-order valence-electron chi connectivity index (χ1n) is 6.74. The highest BCUT2D eigenvalue weighted by atomic mass is 16.5. The van der Waals surface area contributed by atoms with Crippen molar-refractivity contribution < 1.29 is 19.4 Å². The Labute approximate surface area is 117 Å². The molecule has 0 unspecified atom stereocenters. The summed E-state index contributed by atoms with van der Waals surface area (Å²) in [6, 6.07) is 6.16. The topological polar surface area (TPSA) is 63.6 Å². The number of hydrogen-bond donors (Lipinski definition) is 1. The summed E-state index contributed by atoms with van der Waals surface area (Å²) in [7, 11) is 0. The lowest BCUT2D eigenvalue weighted by Crippen LogP contribution is -2.30. The van der Waals surface area contributed by atoms with Gasteiger partial charge in [0.2, 0.25) is 0 Å². The van der Waals surface area contributed by atoms with Gasteiger partial charge in [-0.05, 0) is 25.0 Å². The minimum Gasteiger partial charge on any atom is -0.478 e. The Hall–Kier alpha value is -2.10. The summed E-state index contributed by atoms with van der Waals surface area (Å²) in [5.74, 6) is -1.40. The van der Waals surface area contributed by atoms with Gasteiger partial charge < -0.3 is 9.84 Å². The van der Waals surface area contributed by atoms with Gasteiger partial charge in [-0.25, -0.2) is 9.59 Å². The predicted octanol–water partition coefficient (Wildman–Crippen LogP) is 2.90. The standard InChI is InChI=1S/C16H16O4/c1-16-8-6-10(7-9-16)13(16)20-15(19)12-5-3-2-4-11(12)14(17)18/h2-6,8,10,13H,7,9H2,1H3,(H,17,18)/t10-,13-,16+/m0/s1. The van der Waals surface area contributed by atoms with E-state index < -0.39 is 11.9 Å². The van der Waals surface area contributed by atoms with E-state index in [-0.39, 0.29) is 28.6 Å². The molecule has 2 bridgehead atoms. The molecular weight excluding hydrogens is 256 g/mol. The zero-order chi connectivity index (χ0) is 14.3. The van der Waals surface area contributed by atoms with Crippen molar-refractivity contribution in [3.05, 3.63) is 47.5 Å². The van der Waals surface area contributed by atoms with Gasteiger partial charge in [-0.1, -0.05) is 31.2 Å². The van der Waals surface area contributed by atoms with Crippen molar-refractivity contribution in [1.29, 1.82) is 0 Å². The quantitative estimate of drug-likeness (QED) is 0.678. The fourth-order valence-corrected chi connectivity index (χ4v) is 3.23. The van der Waals surface area contributed by atoms with E-state index >= 15 is 0 Å². The highest BCUT2D eigenvalue weighted by Gasteiger charge is 2.49. The first-order chi connectivity index (χ1) is 9.51. The van der Waals surface area contributed by atoms with E-state index in [1.54, 1.807) is 12.1 Å². The molecule has 104 valence electrons. The molecule has 2 aliphatic carbocycles. The van der Waals surface area contributed by atoms with Gasteiger partial charge in [-0.15, -0.1) is 0 Å². The molecule has 4 nitrogen and oxygen atoms in total. The second-order valence-electron chi connectivity index (χ2n) is 5.74. The van der Waals surface area contributed by atoms with Crippen LogP contribution in [0.15, 0.2) is 36.4 Å². The van der Waals surface area contributed by atoms with Gasteiger partial charge in [-0.3, -0.25) is 0 Å². The molecule has 0 amide bonds. The van der Waals surface area contributed by atoms with Crippen LogP contribution in [0.3, 0.4) is 0 Å². The minimum atomic E-state index is -1.11. The van der Waals surface area contributed by atoms with E-state index in [0.717, 1.165) is 12.8 Å². The van der Waals surface area contributed by atoms with E-state index in [1.165, 1.54) is 12.1 Å². The van der Waals surface area contributed by atoms with Crippen molar-refractivity contribution in [2.45, 2.75) is 25.9 Å². The van der Waals surface area contributed by atoms with Crippen LogP contribution in [0, 0.1) is 11.3 Å². The summed E-state index contributed by atoms with van der Waals surface area (Å²) in [4.78, 5) is 23.4. The Bertz CT molecular complexity index is 604. The molecule has 20 heavy (non-hydrogen) atoms. The van der Waals surface area contributed by atoms with Gasteiger partial charge in [0.15, 0.2) is 0 Å². The lowest BCUT2D eigenvalue weighted by molar-refractivity contribution is 0.00653. The first-order valence-corrected chi connectivity index (χ1v) is 6.74. The number of fused-ring (bicyclic) bond motifs is 2. The van der Waals surface area contributed by atoms with Crippen LogP contribution in [0.25, 0.3) is 0 Å². The van der Waals surface area contributed by atoms with E-state index in [4.69, 9.17) is 9.84 Å². The van der Waals surface area contributed by atoms with E-state index in [1.807, 2.05) is 0 Å². The molecule has 1 fully saturated rings. The Kier molecular flexibility index (Phi) is 2.89. The lowest BCUT2D eigenvalue weighted by Gasteiger charge is -2.25. The van der Waals surface area contributed by atoms with Gasteiger partial charge in [0, 0.05) is 11.3 Å². The normalized spacial score (nSPS) is 30.4. The maximum atomic E-state index is 12.3. The number of carbonyl (C=O) groups is 2. The predicted molar refractivity (Wildman–Crippen MR) is 72.6 cm³/mol. The van der Waals surface area contributed by atoms with Crippen molar-refractivity contribution in [2.24, 2.45) is 11.3 Å². The van der Waals surface area contributed by atoms with Crippen LogP contribution in [0.1, 0.15) is 40.5 Å². The molecule has 2 aliphatic rings. The maximum absolute atomic E-state index is 12.3. The lowest BCUT2D eigenvalue weighted by atomic mass is 9.89. The molecule has 3 rings (SSSR count). The third-order valence-electron chi connectivity index (χ3n) is 4.39. The molecule has 0 aromatic heterocycles. The van der Waals surface area contributed by atoms with Gasteiger partial charge in [0.05, 0.1) is 11.1 Å². The van der Waals surface area contributed by atoms with Crippen molar-refractivity contribution in [2.75, 3.05) is 0 Å². The molecule has 1 aromatic rings. The largest absolute Gasteiger partial charge is 0.478 e. The SMILES string of the molecule is C[C@@]12C=C[C@@H](CC1)[C@@H]2OC(=O)c1ccccc1C(=O)O. The van der Waals surface area contributed by atoms with Gasteiger partial charge in [0.1, 0.15) is 6.10 Å². The zero-order valence-electron chi connectivity index (χ0n) is 11.2. The third kappa shape index (κ3) is 1.92. The summed E-state index contributed by atoms with van der Waals surface area (Å²) in [5, 5.41) is 9.12. The smallest absolute Gasteiger partial charge is 0.339 e. The van der Waals surface area contributed by atoms with E-state index in [2.05, 4.69) is 19.1 Å². The molecule has 1 aromatic carbocycles. The number of rotatable bonds is 3. The Morgan fingerprint density at radius 3 is 2.50 bits per heavy atom. The Morgan fingerprint density at radius 2 is 2.00 bits per heavy atom. The molecule has 1 N–H and O–H groups in total. The third-order valence-corrected chi connectivity index (χ3v) is 4.39. The van der Waals surface area contributed by atoms with E-state index in [9.17, 15) is 9.59 Å². The van der Waals surface area contributed by atoms with Crippen LogP contribution in [-0.2, 0) is 4.74 Å². The van der Waals surface area contributed by atoms with Crippen molar-refractivity contribution in [3.8, 4) is 0 Å². The van der Waals surface area contributed by atoms with Gasteiger partial charge >= 0.3 is 11.9 Å². The highest BCUT2D eigenvalue weighted by Crippen LogP contribution is 2.50. The van der Waals surface area contributed by atoms with Crippen LogP contribution < -0.4 is 0 Å². The van der Waals surface area contributed by atoms with E-state index in [0.29, 0.717) is 0 Å². The fourth-order valence-electron chi connectivity index (χ4n) is 3.23. The average Bonchev–Trinajstić information content (AvgIpc) is 2.91. The number of benzene rings is 1. The summed E-state index contributed by atoms with van der Waals surface area (Å²) in [6.45, 7) is 2.08. The maximum Gasteiger partial charge on any atom is 0.339 e. The van der Waals surface area contributed by atoms with Gasteiger partial charge in [-0.2, -0.15) is 0 Å². The molecule has 0 radical (unpaired) electrons. The first kappa shape index (κ1) is 12.9. The van der Waals surface area contributed by atoms with Crippen molar-refractivity contribution >= 4 is 11.9 Å². The molecule has 1 saturated carbocycles. The number of ether oxygens (including phenoxy) is 1. The molecule has 0 saturated heterocycles. The molecular formula is C16H16O4. The fraction of sp³-hybridized carbons (Fsp3) is 0.375. The Balaban J connectivity index is 1.83. The number of esters is 1. The van der Waals surface area contributed by atoms with Gasteiger partial charge in [0.25, 0.3) is 0 Å². The summed E-state index contributed by atoms with van der Waals surface area (Å²) >= 11 is 0. The van der Waals surface area contributed by atoms with Crippen LogP contribution in [0.5, 0.6) is 0 Å². The van der Waals surface area contributed by atoms with Crippen LogP contribution in [0.2, 0.25) is 0 Å². The van der Waals surface area contributed by atoms with Crippen LogP contribution in [0.4, 0.5) is 0 Å².